The largest absolute Gasteiger partial charge is 0.339 e. The van der Waals surface area contributed by atoms with E-state index in [0.29, 0.717) is 28.8 Å². The molecule has 3 aromatic rings. The highest BCUT2D eigenvalue weighted by Crippen LogP contribution is 2.24. The Hall–Kier alpha value is -2.14. The van der Waals surface area contributed by atoms with Gasteiger partial charge in [0.1, 0.15) is 0 Å². The lowest BCUT2D eigenvalue weighted by atomic mass is 10.2. The van der Waals surface area contributed by atoms with E-state index in [0.717, 1.165) is 30.0 Å². The summed E-state index contributed by atoms with van der Waals surface area (Å²) in [4.78, 5) is 15.5. The van der Waals surface area contributed by atoms with Gasteiger partial charge in [-0.1, -0.05) is 29.7 Å². The van der Waals surface area contributed by atoms with E-state index in [1.807, 2.05) is 16.7 Å². The van der Waals surface area contributed by atoms with Gasteiger partial charge < -0.3 is 9.09 Å². The number of aryl methyl sites for hydroxylation is 1. The van der Waals surface area contributed by atoms with Gasteiger partial charge in [0, 0.05) is 28.6 Å². The second kappa shape index (κ2) is 5.69. The van der Waals surface area contributed by atoms with Gasteiger partial charge in [0.2, 0.25) is 5.89 Å². The van der Waals surface area contributed by atoms with E-state index >= 15 is 0 Å². The van der Waals surface area contributed by atoms with Crippen LogP contribution in [0.25, 0.3) is 10.9 Å². The molecule has 1 aromatic carbocycles. The lowest BCUT2D eigenvalue weighted by Crippen LogP contribution is -2.00. The van der Waals surface area contributed by atoms with Gasteiger partial charge in [0.05, 0.1) is 12.1 Å². The molecule has 0 fully saturated rings. The lowest BCUT2D eigenvalue weighted by molar-refractivity contribution is 0.112. The molecule has 6 heteroatoms. The second-order valence-corrected chi connectivity index (χ2v) is 5.28. The molecule has 0 unspecified atom stereocenters. The van der Waals surface area contributed by atoms with Crippen LogP contribution in [0.5, 0.6) is 0 Å². The summed E-state index contributed by atoms with van der Waals surface area (Å²) in [6.45, 7) is 2.50. The monoisotopic (exact) mass is 303 g/mol. The van der Waals surface area contributed by atoms with Crippen LogP contribution in [0.4, 0.5) is 0 Å². The van der Waals surface area contributed by atoms with E-state index in [1.54, 1.807) is 12.3 Å². The van der Waals surface area contributed by atoms with Crippen molar-refractivity contribution in [2.75, 3.05) is 0 Å². The third kappa shape index (κ3) is 2.69. The van der Waals surface area contributed by atoms with Crippen molar-refractivity contribution in [2.24, 2.45) is 0 Å². The third-order valence-corrected chi connectivity index (χ3v) is 3.52. The highest BCUT2D eigenvalue weighted by atomic mass is 35.5. The van der Waals surface area contributed by atoms with Crippen molar-refractivity contribution in [2.45, 2.75) is 26.3 Å². The molecule has 21 heavy (non-hydrogen) atoms. The summed E-state index contributed by atoms with van der Waals surface area (Å²) in [5.74, 6) is 1.23. The van der Waals surface area contributed by atoms with Crippen LogP contribution in [0, 0.1) is 0 Å². The molecule has 2 aromatic heterocycles. The number of carbonyl (C=O) groups is 1. The zero-order valence-corrected chi connectivity index (χ0v) is 12.3. The van der Waals surface area contributed by atoms with Crippen LogP contribution >= 0.6 is 11.6 Å². The van der Waals surface area contributed by atoms with Gasteiger partial charge in [-0.15, -0.1) is 0 Å². The van der Waals surface area contributed by atoms with E-state index in [9.17, 15) is 4.79 Å². The number of carbonyl (C=O) groups excluding carboxylic acids is 1. The first kappa shape index (κ1) is 13.8. The van der Waals surface area contributed by atoms with E-state index in [-0.39, 0.29) is 0 Å². The topological polar surface area (TPSA) is 60.9 Å². The Kier molecular flexibility index (Phi) is 3.75. The smallest absolute Gasteiger partial charge is 0.226 e. The van der Waals surface area contributed by atoms with Crippen molar-refractivity contribution >= 4 is 28.8 Å². The van der Waals surface area contributed by atoms with Crippen LogP contribution in [0.1, 0.15) is 35.4 Å². The Morgan fingerprint density at radius 1 is 1.43 bits per heavy atom. The first-order valence-electron chi connectivity index (χ1n) is 6.76. The van der Waals surface area contributed by atoms with Gasteiger partial charge >= 0.3 is 0 Å². The predicted octanol–water partition coefficient (Wildman–Crippen LogP) is 3.49. The highest BCUT2D eigenvalue weighted by molar-refractivity contribution is 6.31. The minimum atomic E-state index is 0.442. The van der Waals surface area contributed by atoms with Crippen molar-refractivity contribution in [3.63, 3.8) is 0 Å². The van der Waals surface area contributed by atoms with E-state index < -0.39 is 0 Å². The lowest BCUT2D eigenvalue weighted by Gasteiger charge is -2.01. The minimum Gasteiger partial charge on any atom is -0.339 e. The Balaban J connectivity index is 1.99. The Bertz CT molecular complexity index is 791. The molecular formula is C15H14ClN3O2. The van der Waals surface area contributed by atoms with Crippen molar-refractivity contribution in [1.29, 1.82) is 0 Å². The standard InChI is InChI=1S/C15H14ClN3O2/c1-2-3-15-17-14(18-21-15)8-19-7-10(9-20)12-5-4-11(16)6-13(12)19/h4-7,9H,2-3,8H2,1H3. The third-order valence-electron chi connectivity index (χ3n) is 3.29. The zero-order chi connectivity index (χ0) is 14.8. The molecule has 0 spiro atoms. The summed E-state index contributed by atoms with van der Waals surface area (Å²) in [5.41, 5.74) is 1.50. The highest BCUT2D eigenvalue weighted by Gasteiger charge is 2.12. The second-order valence-electron chi connectivity index (χ2n) is 4.85. The number of rotatable bonds is 5. The summed E-state index contributed by atoms with van der Waals surface area (Å²) < 4.78 is 7.08. The maximum absolute atomic E-state index is 11.2. The fourth-order valence-corrected chi connectivity index (χ4v) is 2.51. The van der Waals surface area contributed by atoms with Gasteiger partial charge in [-0.3, -0.25) is 4.79 Å². The fraction of sp³-hybridized carbons (Fsp3) is 0.267. The molecule has 0 amide bonds. The van der Waals surface area contributed by atoms with E-state index in [4.69, 9.17) is 16.1 Å². The summed E-state index contributed by atoms with van der Waals surface area (Å²) in [7, 11) is 0. The number of hydrogen-bond donors (Lipinski definition) is 0. The van der Waals surface area contributed by atoms with Crippen molar-refractivity contribution < 1.29 is 9.32 Å². The molecule has 0 aliphatic heterocycles. The Morgan fingerprint density at radius 3 is 3.05 bits per heavy atom. The van der Waals surface area contributed by atoms with Crippen molar-refractivity contribution in [3.05, 3.63) is 46.7 Å². The van der Waals surface area contributed by atoms with Gasteiger partial charge in [-0.05, 0) is 18.6 Å². The molecule has 3 rings (SSSR count). The Labute approximate surface area is 126 Å². The molecule has 5 nitrogen and oxygen atoms in total. The zero-order valence-electron chi connectivity index (χ0n) is 11.5. The molecule has 0 saturated heterocycles. The van der Waals surface area contributed by atoms with Crippen molar-refractivity contribution in [1.82, 2.24) is 14.7 Å². The number of hydrogen-bond acceptors (Lipinski definition) is 4. The number of aromatic nitrogens is 3. The van der Waals surface area contributed by atoms with Gasteiger partial charge in [0.25, 0.3) is 0 Å². The normalized spacial score (nSPS) is 11.1. The van der Waals surface area contributed by atoms with Crippen LogP contribution in [-0.4, -0.2) is 21.0 Å². The molecule has 2 heterocycles. The molecule has 0 atom stereocenters. The van der Waals surface area contributed by atoms with Crippen molar-refractivity contribution in [3.8, 4) is 0 Å². The van der Waals surface area contributed by atoms with Crippen LogP contribution in [0.3, 0.4) is 0 Å². The number of nitrogens with zero attached hydrogens (tertiary/aromatic N) is 3. The van der Waals surface area contributed by atoms with Crippen LogP contribution in [0.15, 0.2) is 28.9 Å². The van der Waals surface area contributed by atoms with Crippen LogP contribution in [0.2, 0.25) is 5.02 Å². The molecule has 108 valence electrons. The van der Waals surface area contributed by atoms with Crippen LogP contribution in [-0.2, 0) is 13.0 Å². The number of aldehydes is 1. The van der Waals surface area contributed by atoms with Gasteiger partial charge in [0.15, 0.2) is 12.1 Å². The molecule has 0 aliphatic carbocycles. The molecule has 0 aliphatic rings. The molecule has 0 bridgehead atoms. The van der Waals surface area contributed by atoms with E-state index in [1.165, 1.54) is 0 Å². The summed E-state index contributed by atoms with van der Waals surface area (Å²) in [5, 5.41) is 5.46. The minimum absolute atomic E-state index is 0.442. The quantitative estimate of drug-likeness (QED) is 0.677. The molecule has 0 radical (unpaired) electrons. The maximum Gasteiger partial charge on any atom is 0.226 e. The first-order chi connectivity index (χ1) is 10.2. The Morgan fingerprint density at radius 2 is 2.29 bits per heavy atom. The molecule has 0 N–H and O–H groups in total. The fourth-order valence-electron chi connectivity index (χ4n) is 2.34. The van der Waals surface area contributed by atoms with Crippen LogP contribution < -0.4 is 0 Å². The average molecular weight is 304 g/mol. The summed E-state index contributed by atoms with van der Waals surface area (Å²) >= 11 is 6.04. The predicted molar refractivity (Wildman–Crippen MR) is 79.7 cm³/mol. The average Bonchev–Trinajstić information content (AvgIpc) is 3.05. The number of fused-ring (bicyclic) bond motifs is 1. The summed E-state index contributed by atoms with van der Waals surface area (Å²) in [6.07, 6.45) is 4.35. The first-order valence-corrected chi connectivity index (χ1v) is 7.14. The van der Waals surface area contributed by atoms with Gasteiger partial charge in [-0.2, -0.15) is 4.98 Å². The van der Waals surface area contributed by atoms with Gasteiger partial charge in [-0.25, -0.2) is 0 Å². The number of halogens is 1. The van der Waals surface area contributed by atoms with E-state index in [2.05, 4.69) is 17.1 Å². The SMILES string of the molecule is CCCc1nc(Cn2cc(C=O)c3ccc(Cl)cc32)no1. The number of benzene rings is 1. The molecular weight excluding hydrogens is 290 g/mol. The maximum atomic E-state index is 11.2. The molecule has 0 saturated carbocycles. The summed E-state index contributed by atoms with van der Waals surface area (Å²) in [6, 6.07) is 5.45.